The van der Waals surface area contributed by atoms with Gasteiger partial charge < -0.3 is 9.47 Å². The first-order valence-electron chi connectivity index (χ1n) is 5.02. The average molecular weight is 194 g/mol. The predicted molar refractivity (Wildman–Crippen MR) is 57.4 cm³/mol. The summed E-state index contributed by atoms with van der Waals surface area (Å²) >= 11 is 0. The molecule has 0 aromatic heterocycles. The average Bonchev–Trinajstić information content (AvgIpc) is 2.16. The molecule has 0 heterocycles. The molecule has 0 aliphatic rings. The highest BCUT2D eigenvalue weighted by molar-refractivity contribution is 5.21. The number of hydrogen-bond donors (Lipinski definition) is 0. The topological polar surface area (TPSA) is 18.5 Å². The van der Waals surface area contributed by atoms with Crippen LogP contribution < -0.4 is 4.74 Å². The molecule has 78 valence electrons. The maximum absolute atomic E-state index is 5.68. The zero-order chi connectivity index (χ0) is 10.4. The third-order valence-corrected chi connectivity index (χ3v) is 1.76. The van der Waals surface area contributed by atoms with Gasteiger partial charge in [0.2, 0.25) is 5.79 Å². The largest absolute Gasteiger partial charge is 0.463 e. The molecule has 2 nitrogen and oxygen atoms in total. The fourth-order valence-electron chi connectivity index (χ4n) is 1.15. The first-order chi connectivity index (χ1) is 6.64. The van der Waals surface area contributed by atoms with Gasteiger partial charge in [-0.25, -0.2) is 0 Å². The molecular formula is C12H18O2. The van der Waals surface area contributed by atoms with Crippen molar-refractivity contribution in [1.29, 1.82) is 0 Å². The van der Waals surface area contributed by atoms with Crippen LogP contribution in [-0.2, 0) is 4.74 Å². The first kappa shape index (κ1) is 11.1. The van der Waals surface area contributed by atoms with E-state index in [4.69, 9.17) is 9.47 Å². The Hall–Kier alpha value is -1.02. The van der Waals surface area contributed by atoms with Crippen molar-refractivity contribution in [1.82, 2.24) is 0 Å². The van der Waals surface area contributed by atoms with Gasteiger partial charge in [0, 0.05) is 13.8 Å². The molecule has 0 bridgehead atoms. The lowest BCUT2D eigenvalue weighted by Gasteiger charge is -2.26. The maximum atomic E-state index is 5.68. The smallest absolute Gasteiger partial charge is 0.204 e. The molecular weight excluding hydrogens is 176 g/mol. The molecule has 0 spiro atoms. The zero-order valence-electron chi connectivity index (χ0n) is 9.12. The van der Waals surface area contributed by atoms with Gasteiger partial charge in [0.25, 0.3) is 0 Å². The molecule has 0 atom stereocenters. The molecule has 0 saturated carbocycles. The van der Waals surface area contributed by atoms with Crippen LogP contribution >= 0.6 is 0 Å². The van der Waals surface area contributed by atoms with Gasteiger partial charge in [0.1, 0.15) is 5.75 Å². The molecule has 0 amide bonds. The normalized spacial score (nSPS) is 11.4. The second-order valence-corrected chi connectivity index (χ2v) is 3.66. The van der Waals surface area contributed by atoms with Gasteiger partial charge in [-0.05, 0) is 18.6 Å². The van der Waals surface area contributed by atoms with Crippen LogP contribution in [0.2, 0.25) is 0 Å². The van der Waals surface area contributed by atoms with E-state index in [0.717, 1.165) is 18.8 Å². The van der Waals surface area contributed by atoms with Crippen molar-refractivity contribution in [3.8, 4) is 5.75 Å². The minimum Gasteiger partial charge on any atom is -0.463 e. The van der Waals surface area contributed by atoms with Crippen molar-refractivity contribution in [3.05, 3.63) is 30.3 Å². The summed E-state index contributed by atoms with van der Waals surface area (Å²) in [6.07, 6.45) is 1.00. The molecule has 1 rings (SSSR count). The lowest BCUT2D eigenvalue weighted by atomic mass is 10.3. The Morgan fingerprint density at radius 1 is 1.14 bits per heavy atom. The Balaban J connectivity index is 2.50. The first-order valence-corrected chi connectivity index (χ1v) is 5.02. The predicted octanol–water partition coefficient (Wildman–Crippen LogP) is 3.23. The van der Waals surface area contributed by atoms with Gasteiger partial charge in [-0.1, -0.05) is 25.1 Å². The van der Waals surface area contributed by atoms with Crippen LogP contribution in [0.4, 0.5) is 0 Å². The summed E-state index contributed by atoms with van der Waals surface area (Å²) in [6.45, 7) is 6.66. The van der Waals surface area contributed by atoms with Crippen LogP contribution in [0, 0.1) is 0 Å². The van der Waals surface area contributed by atoms with Crippen LogP contribution in [0.3, 0.4) is 0 Å². The molecule has 1 aromatic rings. The summed E-state index contributed by atoms with van der Waals surface area (Å²) < 4.78 is 11.2. The molecule has 0 saturated heterocycles. The van der Waals surface area contributed by atoms with E-state index in [9.17, 15) is 0 Å². The molecule has 0 aliphatic carbocycles. The Morgan fingerprint density at radius 2 is 1.79 bits per heavy atom. The Labute approximate surface area is 85.8 Å². The summed E-state index contributed by atoms with van der Waals surface area (Å²) in [5.41, 5.74) is 0. The highest BCUT2D eigenvalue weighted by atomic mass is 16.7. The SMILES string of the molecule is CCCOC(C)(C)Oc1ccccc1. The fourth-order valence-corrected chi connectivity index (χ4v) is 1.15. The molecule has 1 aromatic carbocycles. The van der Waals surface area contributed by atoms with E-state index in [1.54, 1.807) is 0 Å². The number of ether oxygens (including phenoxy) is 2. The van der Waals surface area contributed by atoms with Crippen LogP contribution in [0.25, 0.3) is 0 Å². The summed E-state index contributed by atoms with van der Waals surface area (Å²) in [4.78, 5) is 0. The fraction of sp³-hybridized carbons (Fsp3) is 0.500. The summed E-state index contributed by atoms with van der Waals surface area (Å²) in [5, 5.41) is 0. The molecule has 0 radical (unpaired) electrons. The highest BCUT2D eigenvalue weighted by Crippen LogP contribution is 2.18. The number of benzene rings is 1. The standard InChI is InChI=1S/C12H18O2/c1-4-10-13-12(2,3)14-11-8-6-5-7-9-11/h5-9H,4,10H2,1-3H3. The third-order valence-electron chi connectivity index (χ3n) is 1.76. The van der Waals surface area contributed by atoms with Crippen molar-refractivity contribution in [2.45, 2.75) is 33.0 Å². The minimum absolute atomic E-state index is 0.544. The van der Waals surface area contributed by atoms with Crippen molar-refractivity contribution < 1.29 is 9.47 Å². The number of rotatable bonds is 5. The van der Waals surface area contributed by atoms with Gasteiger partial charge in [-0.15, -0.1) is 0 Å². The Kier molecular flexibility index (Phi) is 3.96. The molecule has 0 unspecified atom stereocenters. The molecule has 0 N–H and O–H groups in total. The number of para-hydroxylation sites is 1. The molecule has 2 heteroatoms. The second kappa shape index (κ2) is 5.01. The van der Waals surface area contributed by atoms with Crippen molar-refractivity contribution in [2.24, 2.45) is 0 Å². The van der Waals surface area contributed by atoms with E-state index < -0.39 is 5.79 Å². The summed E-state index contributed by atoms with van der Waals surface area (Å²) in [6, 6.07) is 9.72. The zero-order valence-corrected chi connectivity index (χ0v) is 9.12. The van der Waals surface area contributed by atoms with Gasteiger partial charge >= 0.3 is 0 Å². The van der Waals surface area contributed by atoms with Crippen molar-refractivity contribution >= 4 is 0 Å². The summed E-state index contributed by atoms with van der Waals surface area (Å²) in [7, 11) is 0. The lowest BCUT2D eigenvalue weighted by molar-refractivity contribution is -0.156. The van der Waals surface area contributed by atoms with E-state index in [0.29, 0.717) is 0 Å². The van der Waals surface area contributed by atoms with Gasteiger partial charge in [-0.2, -0.15) is 0 Å². The van der Waals surface area contributed by atoms with Crippen molar-refractivity contribution in [3.63, 3.8) is 0 Å². The van der Waals surface area contributed by atoms with Crippen LogP contribution in [0.1, 0.15) is 27.2 Å². The van der Waals surface area contributed by atoms with E-state index in [2.05, 4.69) is 6.92 Å². The molecule has 0 fully saturated rings. The monoisotopic (exact) mass is 194 g/mol. The van der Waals surface area contributed by atoms with Crippen LogP contribution in [-0.4, -0.2) is 12.4 Å². The quantitative estimate of drug-likeness (QED) is 0.670. The van der Waals surface area contributed by atoms with Gasteiger partial charge in [-0.3, -0.25) is 0 Å². The van der Waals surface area contributed by atoms with Gasteiger partial charge in [0.15, 0.2) is 0 Å². The van der Waals surface area contributed by atoms with Gasteiger partial charge in [0.05, 0.1) is 6.61 Å². The lowest BCUT2D eigenvalue weighted by Crippen LogP contribution is -2.32. The van der Waals surface area contributed by atoms with Crippen LogP contribution in [0.5, 0.6) is 5.75 Å². The van der Waals surface area contributed by atoms with Crippen LogP contribution in [0.15, 0.2) is 30.3 Å². The summed E-state index contributed by atoms with van der Waals surface area (Å²) in [5.74, 6) is 0.297. The minimum atomic E-state index is -0.544. The molecule has 14 heavy (non-hydrogen) atoms. The second-order valence-electron chi connectivity index (χ2n) is 3.66. The maximum Gasteiger partial charge on any atom is 0.204 e. The highest BCUT2D eigenvalue weighted by Gasteiger charge is 2.19. The number of hydrogen-bond acceptors (Lipinski definition) is 2. The van der Waals surface area contributed by atoms with E-state index in [-0.39, 0.29) is 0 Å². The van der Waals surface area contributed by atoms with Crippen molar-refractivity contribution in [2.75, 3.05) is 6.61 Å². The van der Waals surface area contributed by atoms with E-state index >= 15 is 0 Å². The third kappa shape index (κ3) is 3.79. The Bertz CT molecular complexity index is 254. The Morgan fingerprint density at radius 3 is 2.36 bits per heavy atom. The molecule has 0 aliphatic heterocycles. The van der Waals surface area contributed by atoms with E-state index in [1.165, 1.54) is 0 Å². The van der Waals surface area contributed by atoms with E-state index in [1.807, 2.05) is 44.2 Å².